The topological polar surface area (TPSA) is 52.1 Å². The summed E-state index contributed by atoms with van der Waals surface area (Å²) >= 11 is 0. The zero-order chi connectivity index (χ0) is 18.3. The fourth-order valence-electron chi connectivity index (χ4n) is 3.85. The van der Waals surface area contributed by atoms with E-state index < -0.39 is 0 Å². The highest BCUT2D eigenvalue weighted by molar-refractivity contribution is 14.0. The van der Waals surface area contributed by atoms with Crippen molar-refractivity contribution in [2.24, 2.45) is 4.99 Å². The molecule has 2 fully saturated rings. The van der Waals surface area contributed by atoms with E-state index in [1.807, 2.05) is 7.05 Å². The molecule has 0 saturated carbocycles. The summed E-state index contributed by atoms with van der Waals surface area (Å²) in [5, 5.41) is 7.03. The second-order valence-corrected chi connectivity index (χ2v) is 8.32. The molecule has 0 bridgehead atoms. The van der Waals surface area contributed by atoms with Crippen molar-refractivity contribution in [2.45, 2.75) is 57.1 Å². The smallest absolute Gasteiger partial charge is 0.191 e. The van der Waals surface area contributed by atoms with Gasteiger partial charge in [0.25, 0.3) is 0 Å². The first kappa shape index (κ1) is 23.9. The van der Waals surface area contributed by atoms with Crippen molar-refractivity contribution in [3.8, 4) is 0 Å². The maximum absolute atomic E-state index is 5.49. The van der Waals surface area contributed by atoms with Gasteiger partial charge in [-0.2, -0.15) is 0 Å². The first-order valence-electron chi connectivity index (χ1n) is 9.84. The van der Waals surface area contributed by atoms with Crippen molar-refractivity contribution in [3.05, 3.63) is 0 Å². The average Bonchev–Trinajstić information content (AvgIpc) is 2.64. The lowest BCUT2D eigenvalue weighted by molar-refractivity contribution is 0.0167. The van der Waals surface area contributed by atoms with Crippen LogP contribution in [-0.2, 0) is 4.74 Å². The number of ether oxygens (including phenoxy) is 1. The third-order valence-corrected chi connectivity index (χ3v) is 5.99. The molecule has 0 spiro atoms. The van der Waals surface area contributed by atoms with Crippen LogP contribution in [-0.4, -0.2) is 87.4 Å². The molecule has 26 heavy (non-hydrogen) atoms. The molecule has 2 aliphatic rings. The predicted octanol–water partition coefficient (Wildman–Crippen LogP) is 2.14. The van der Waals surface area contributed by atoms with Gasteiger partial charge in [-0.25, -0.2) is 0 Å². The number of aliphatic imine (C=N–C) groups is 1. The zero-order valence-corrected chi connectivity index (χ0v) is 19.8. The van der Waals surface area contributed by atoms with Crippen LogP contribution in [0.3, 0.4) is 0 Å². The highest BCUT2D eigenvalue weighted by Crippen LogP contribution is 2.30. The first-order chi connectivity index (χ1) is 11.9. The molecule has 0 aromatic rings. The van der Waals surface area contributed by atoms with Crippen molar-refractivity contribution < 1.29 is 4.74 Å². The summed E-state index contributed by atoms with van der Waals surface area (Å²) in [6.45, 7) is 10.7. The van der Waals surface area contributed by atoms with E-state index in [2.05, 4.69) is 46.3 Å². The van der Waals surface area contributed by atoms with Crippen LogP contribution in [0.4, 0.5) is 0 Å². The quantitative estimate of drug-likeness (QED) is 0.346. The first-order valence-corrected chi connectivity index (χ1v) is 9.84. The van der Waals surface area contributed by atoms with Crippen LogP contribution < -0.4 is 10.6 Å². The Morgan fingerprint density at radius 3 is 2.23 bits per heavy atom. The number of piperidine rings is 2. The Kier molecular flexibility index (Phi) is 10.1. The van der Waals surface area contributed by atoms with E-state index in [1.54, 1.807) is 7.11 Å². The number of nitrogens with zero attached hydrogens (tertiary/aromatic N) is 3. The molecule has 6 nitrogen and oxygen atoms in total. The minimum absolute atomic E-state index is 0. The molecule has 2 aliphatic heterocycles. The number of hydrogen-bond acceptors (Lipinski definition) is 4. The van der Waals surface area contributed by atoms with Crippen molar-refractivity contribution >= 4 is 29.9 Å². The van der Waals surface area contributed by atoms with Gasteiger partial charge in [0.1, 0.15) is 0 Å². The highest BCUT2D eigenvalue weighted by Gasteiger charge is 2.39. The second kappa shape index (κ2) is 11.0. The Bertz CT molecular complexity index is 430. The van der Waals surface area contributed by atoms with Gasteiger partial charge in [0.05, 0.1) is 5.60 Å². The van der Waals surface area contributed by atoms with Crippen LogP contribution in [0.15, 0.2) is 4.99 Å². The lowest BCUT2D eigenvalue weighted by Gasteiger charge is -2.50. The summed E-state index contributed by atoms with van der Waals surface area (Å²) in [5.74, 6) is 0.875. The summed E-state index contributed by atoms with van der Waals surface area (Å²) in [6, 6.07) is 0. The van der Waals surface area contributed by atoms with Gasteiger partial charge in [-0.1, -0.05) is 6.42 Å². The van der Waals surface area contributed by atoms with E-state index in [-0.39, 0.29) is 35.1 Å². The van der Waals surface area contributed by atoms with Gasteiger partial charge in [-0.15, -0.1) is 24.0 Å². The summed E-state index contributed by atoms with van der Waals surface area (Å²) in [7, 11) is 5.83. The molecular formula is C19H40IN5O. The Morgan fingerprint density at radius 1 is 1.08 bits per heavy atom. The molecule has 2 saturated heterocycles. The highest BCUT2D eigenvalue weighted by atomic mass is 127. The molecule has 2 N–H and O–H groups in total. The summed E-state index contributed by atoms with van der Waals surface area (Å²) in [4.78, 5) is 9.62. The summed E-state index contributed by atoms with van der Waals surface area (Å²) in [6.07, 6.45) is 6.53. The van der Waals surface area contributed by atoms with Crippen LogP contribution >= 0.6 is 24.0 Å². The van der Waals surface area contributed by atoms with E-state index in [1.165, 1.54) is 58.3 Å². The Hall–Kier alpha value is -0.120. The minimum Gasteiger partial charge on any atom is -0.377 e. The molecule has 0 aromatic heterocycles. The van der Waals surface area contributed by atoms with Gasteiger partial charge in [-0.3, -0.25) is 9.89 Å². The molecule has 0 unspecified atom stereocenters. The van der Waals surface area contributed by atoms with Crippen LogP contribution in [0.5, 0.6) is 0 Å². The monoisotopic (exact) mass is 481 g/mol. The molecule has 0 amide bonds. The van der Waals surface area contributed by atoms with Crippen molar-refractivity contribution in [1.82, 2.24) is 20.4 Å². The maximum atomic E-state index is 5.49. The largest absolute Gasteiger partial charge is 0.377 e. The molecule has 0 aromatic carbocycles. The third kappa shape index (κ3) is 6.80. The number of likely N-dealkylation sites (tertiary alicyclic amines) is 2. The normalized spacial score (nSPS) is 22.6. The van der Waals surface area contributed by atoms with E-state index >= 15 is 0 Å². The fourth-order valence-corrected chi connectivity index (χ4v) is 3.85. The Morgan fingerprint density at radius 2 is 1.69 bits per heavy atom. The van der Waals surface area contributed by atoms with Crippen LogP contribution in [0.2, 0.25) is 0 Å². The van der Waals surface area contributed by atoms with Crippen molar-refractivity contribution in [2.75, 3.05) is 60.5 Å². The summed E-state index contributed by atoms with van der Waals surface area (Å²) < 4.78 is 5.49. The SMILES string of the molecule is CN=C(NCC(C)(C)OC)NCC1(N2CCCCC2)CCN(C)CC1.I. The van der Waals surface area contributed by atoms with E-state index in [0.717, 1.165) is 19.0 Å². The number of halogens is 1. The lowest BCUT2D eigenvalue weighted by atomic mass is 9.84. The average molecular weight is 481 g/mol. The molecular weight excluding hydrogens is 441 g/mol. The molecule has 7 heteroatoms. The van der Waals surface area contributed by atoms with Crippen LogP contribution in [0, 0.1) is 0 Å². The number of rotatable bonds is 6. The molecule has 154 valence electrons. The number of hydrogen-bond donors (Lipinski definition) is 2. The molecule has 0 atom stereocenters. The van der Waals surface area contributed by atoms with Crippen LogP contribution in [0.1, 0.15) is 46.0 Å². The standard InChI is InChI=1S/C19H39N5O.HI/c1-18(2,25-5)15-21-17(20-3)22-16-19(9-13-23(4)14-10-19)24-11-7-6-8-12-24;/h6-16H2,1-5H3,(H2,20,21,22);1H. The molecule has 2 rings (SSSR count). The van der Waals surface area contributed by atoms with Gasteiger partial charge < -0.3 is 20.3 Å². The maximum Gasteiger partial charge on any atom is 0.191 e. The van der Waals surface area contributed by atoms with Gasteiger partial charge in [0.15, 0.2) is 5.96 Å². The number of methoxy groups -OCH3 is 1. The Labute approximate surface area is 177 Å². The van der Waals surface area contributed by atoms with Gasteiger partial charge in [0, 0.05) is 32.8 Å². The lowest BCUT2D eigenvalue weighted by Crippen LogP contribution is -2.62. The van der Waals surface area contributed by atoms with Gasteiger partial charge >= 0.3 is 0 Å². The molecule has 0 radical (unpaired) electrons. The zero-order valence-electron chi connectivity index (χ0n) is 17.4. The van der Waals surface area contributed by atoms with Crippen LogP contribution in [0.25, 0.3) is 0 Å². The number of guanidine groups is 1. The number of nitrogens with one attached hydrogen (secondary N) is 2. The minimum atomic E-state index is -0.199. The summed E-state index contributed by atoms with van der Waals surface area (Å²) in [5.41, 5.74) is 0.0665. The van der Waals surface area contributed by atoms with Crippen molar-refractivity contribution in [1.29, 1.82) is 0 Å². The van der Waals surface area contributed by atoms with E-state index in [4.69, 9.17) is 4.74 Å². The van der Waals surface area contributed by atoms with E-state index in [0.29, 0.717) is 0 Å². The fraction of sp³-hybridized carbons (Fsp3) is 0.947. The second-order valence-electron chi connectivity index (χ2n) is 8.32. The van der Waals surface area contributed by atoms with Crippen molar-refractivity contribution in [3.63, 3.8) is 0 Å². The third-order valence-electron chi connectivity index (χ3n) is 5.99. The molecule has 2 heterocycles. The predicted molar refractivity (Wildman–Crippen MR) is 121 cm³/mol. The van der Waals surface area contributed by atoms with Gasteiger partial charge in [-0.05, 0) is 72.8 Å². The van der Waals surface area contributed by atoms with Gasteiger partial charge in [0.2, 0.25) is 0 Å². The van der Waals surface area contributed by atoms with E-state index in [9.17, 15) is 0 Å². The molecule has 0 aliphatic carbocycles. The Balaban J connectivity index is 0.00000338.